The summed E-state index contributed by atoms with van der Waals surface area (Å²) < 4.78 is 76.8. The molecule has 143 heavy (non-hydrogen) atoms. The SMILES string of the molecule is CC(=O)O[C@H]1C(=O)[C@@]2(C)C([C@H](OC(=O)c3ccccc3)[C@]3(O)C[C@H](O)C(C)=C1C3(C)C)[C@]1(OC(C)=O)CO[C@@H]1C[C@@H]2C.CC(=O)O[C@H]1C(=O)[C@]2(C)C(C)C[C@H](OC(C)=O)C(=O)C2[C@H](OC(=O)c2ccccc2)[C@]2(O)C[C@H](O)C(C)=C1C2(C)C.CC(=O)O[C@H]1C(=O)[C@]2(C)C(C)C[C@H](OC(C)=O)[C@@](O)(CO)C2[C@H](OC(=O)c2ccccc2)[C@]2(O)C[C@H](O)C(C)=C1C2(C)C.CC(=O)[O][Pb]([O]C(C)=O)([O]C(C)=O)[O]C(C)=O. The molecule has 0 aromatic heterocycles. The van der Waals surface area contributed by atoms with Gasteiger partial charge >= 0.3 is 158 Å². The molecule has 0 amide bonds. The van der Waals surface area contributed by atoms with Crippen LogP contribution >= 0.6 is 0 Å². The first-order valence-electron chi connectivity index (χ1n) is 47.1. The number of hydrogen-bond acceptors (Lipinski definition) is 39. The molecular weight excluding hydrogens is 2070 g/mol. The Morgan fingerprint density at radius 2 is 0.678 bits per heavy atom. The van der Waals surface area contributed by atoms with Gasteiger partial charge in [-0.15, -0.1) is 0 Å². The molecule has 10 aliphatic rings. The third-order valence-corrected chi connectivity index (χ3v) is 40.2. The molecule has 40 heteroatoms. The molecule has 5 unspecified atom stereocenters. The van der Waals surface area contributed by atoms with Crippen molar-refractivity contribution in [3.63, 3.8) is 0 Å². The van der Waals surface area contributed by atoms with Crippen molar-refractivity contribution in [2.24, 2.45) is 68.0 Å². The van der Waals surface area contributed by atoms with E-state index in [1.165, 1.54) is 52.0 Å². The predicted molar refractivity (Wildman–Crippen MR) is 496 cm³/mol. The van der Waals surface area contributed by atoms with Crippen molar-refractivity contribution in [3.05, 3.63) is 141 Å². The molecule has 1 saturated heterocycles. The number of fused-ring (bicyclic) bond motifs is 11. The van der Waals surface area contributed by atoms with Crippen LogP contribution < -0.4 is 0 Å². The van der Waals surface area contributed by atoms with Gasteiger partial charge in [-0.05, 0) is 128 Å². The van der Waals surface area contributed by atoms with Crippen LogP contribution in [-0.4, -0.2) is 279 Å². The summed E-state index contributed by atoms with van der Waals surface area (Å²) in [6, 6.07) is 24.2. The number of Topliss-reactive ketones (excluding diaryl/α,β-unsaturated/α-hetero) is 4. The summed E-state index contributed by atoms with van der Waals surface area (Å²) in [5, 5.41) is 95.4. The van der Waals surface area contributed by atoms with Gasteiger partial charge in [-0.3, -0.25) is 47.9 Å². The molecule has 7 fully saturated rings. The molecule has 6 saturated carbocycles. The number of ether oxygens (including phenoxy) is 10. The quantitative estimate of drug-likeness (QED) is 0.0286. The average Bonchev–Trinajstić information content (AvgIpc) is 0.672. The molecule has 0 radical (unpaired) electrons. The molecule has 13 rings (SSSR count). The van der Waals surface area contributed by atoms with E-state index < -0.39 is 300 Å². The van der Waals surface area contributed by atoms with Crippen LogP contribution in [0.2, 0.25) is 0 Å². The third-order valence-electron chi connectivity index (χ3n) is 31.8. The molecule has 3 aromatic carbocycles. The molecule has 0 spiro atoms. The summed E-state index contributed by atoms with van der Waals surface area (Å²) in [6.07, 6.45) is -17.3. The molecular formula is C103H132O39Pb. The Labute approximate surface area is 834 Å². The summed E-state index contributed by atoms with van der Waals surface area (Å²) >= 11 is -5.43. The summed E-state index contributed by atoms with van der Waals surface area (Å²) in [6.45, 7) is 34.5. The Bertz CT molecular complexity index is 5570. The first-order chi connectivity index (χ1) is 66.0. The molecule has 26 atom stereocenters. The van der Waals surface area contributed by atoms with E-state index >= 15 is 0 Å². The average molecular weight is 2200 g/mol. The van der Waals surface area contributed by atoms with Gasteiger partial charge in [-0.25, -0.2) is 14.4 Å². The second-order valence-electron chi connectivity index (χ2n) is 41.4. The van der Waals surface area contributed by atoms with E-state index in [9.17, 15) is 122 Å². The van der Waals surface area contributed by atoms with E-state index in [1.54, 1.807) is 150 Å². The second kappa shape index (κ2) is 42.0. The van der Waals surface area contributed by atoms with Crippen LogP contribution in [0.25, 0.3) is 0 Å². The maximum absolute atomic E-state index is 15.0. The van der Waals surface area contributed by atoms with E-state index in [-0.39, 0.29) is 72.1 Å². The van der Waals surface area contributed by atoms with Gasteiger partial charge in [-0.1, -0.05) is 138 Å². The van der Waals surface area contributed by atoms with Crippen molar-refractivity contribution >= 4 is 124 Å². The number of rotatable bonds is 17. The van der Waals surface area contributed by atoms with E-state index in [2.05, 4.69) is 10.7 Å². The van der Waals surface area contributed by atoms with E-state index in [4.69, 9.17) is 47.4 Å². The zero-order valence-electron chi connectivity index (χ0n) is 84.9. The molecule has 9 aliphatic carbocycles. The van der Waals surface area contributed by atoms with Gasteiger partial charge in [0, 0.05) is 99.2 Å². The van der Waals surface area contributed by atoms with Crippen molar-refractivity contribution < 1.29 is 180 Å². The Hall–Kier alpha value is -10.8. The first kappa shape index (κ1) is 114. The van der Waals surface area contributed by atoms with Crippen LogP contribution in [0.1, 0.15) is 243 Å². The fourth-order valence-electron chi connectivity index (χ4n) is 24.0. The third kappa shape index (κ3) is 20.5. The number of carbonyl (C=O) groups is 17. The van der Waals surface area contributed by atoms with Gasteiger partial charge in [0.2, 0.25) is 0 Å². The van der Waals surface area contributed by atoms with Gasteiger partial charge in [0.15, 0.2) is 53.1 Å². The van der Waals surface area contributed by atoms with E-state index in [0.717, 1.165) is 55.4 Å². The summed E-state index contributed by atoms with van der Waals surface area (Å²) in [4.78, 5) is 217. The van der Waals surface area contributed by atoms with Gasteiger partial charge < -0.3 is 88.2 Å². The fourth-order valence-corrected chi connectivity index (χ4v) is 30.5. The van der Waals surface area contributed by atoms with Gasteiger partial charge in [0.25, 0.3) is 0 Å². The van der Waals surface area contributed by atoms with Crippen LogP contribution in [0, 0.1) is 68.0 Å². The topological polar surface area (TPSA) is 581 Å². The number of ketones is 4. The summed E-state index contributed by atoms with van der Waals surface area (Å²) in [5.41, 5.74) is -17.1. The predicted octanol–water partition coefficient (Wildman–Crippen LogP) is 7.21. The van der Waals surface area contributed by atoms with Crippen molar-refractivity contribution in [1.82, 2.24) is 0 Å². The first-order valence-corrected chi connectivity index (χ1v) is 53.5. The van der Waals surface area contributed by atoms with Gasteiger partial charge in [-0.2, -0.15) is 0 Å². The van der Waals surface area contributed by atoms with Crippen molar-refractivity contribution in [3.8, 4) is 0 Å². The molecule has 6 bridgehead atoms. The molecule has 39 nitrogen and oxygen atoms in total. The van der Waals surface area contributed by atoms with Crippen molar-refractivity contribution in [2.45, 2.75) is 313 Å². The number of aliphatic hydroxyl groups is 8. The normalized spacial score (nSPS) is 35.1. The van der Waals surface area contributed by atoms with Crippen LogP contribution in [0.4, 0.5) is 0 Å². The zero-order chi connectivity index (χ0) is 108. The minimum absolute atomic E-state index is 0.00816. The monoisotopic (exact) mass is 2200 g/mol. The zero-order valence-corrected chi connectivity index (χ0v) is 88.8. The Morgan fingerprint density at radius 1 is 0.378 bits per heavy atom. The second-order valence-corrected chi connectivity index (χ2v) is 48.5. The standard InChI is InChI=1S/C32H42O11.C32H40O10.C31H38O10.4C2H4O2.Pb/c1-16-13-22(41-18(3)34)31(39,15-33)25-27(43-28(38)20-11-9-8-10-12-20)32(40)14-21(36)17(2)23(29(32,5)6)24(42-19(4)35)26(37)30(16,25)7;1-16-13-22-31(15-39-22,42-19(4)34)25-27(41-28(37)20-11-9-8-10-12-20)32(38)14-21(35)17(2)23(29(32,5)6)24(40-18(3)33)26(36)30(16,25)7;1-15-13-21(39-17(3)32)24(35)23-27(41-28(37)19-11-9-8-10-12-19)31(38)14-20(34)16(2)22(29(31,5)6)25(40-18(4)33)26(36)30(15,23)7;4*1-2(3)4;/h8-12,16,21-22,24-25,27,33,36,39-40H,13-15H2,1-7H3;8-12,16,21-22,24-25,27,35,38H,13-15H2,1-7H3;8-12,15,20-21,23,25,27,34,38H,13-14H2,1-7H3;4*1H3,(H,3,4);/q;;;;;;;+4/p-4/t16?,21-,22-,24+,25?,27-,30+,31-,32+;16-,21-,22+,24+,25?,27-,30+,31-,32+;15?,20-,21-,23?,25+,27-,30+,31+;;;;;/m000...../s1. The van der Waals surface area contributed by atoms with Crippen molar-refractivity contribution in [2.75, 3.05) is 13.2 Å². The van der Waals surface area contributed by atoms with E-state index in [0.29, 0.717) is 23.1 Å². The van der Waals surface area contributed by atoms with Crippen molar-refractivity contribution in [1.29, 1.82) is 0 Å². The minimum atomic E-state index is -5.43. The summed E-state index contributed by atoms with van der Waals surface area (Å²) in [7, 11) is 0. The molecule has 1 heterocycles. The number of carbonyl (C=O) groups excluding carboxylic acids is 17. The van der Waals surface area contributed by atoms with Crippen LogP contribution in [0.3, 0.4) is 0 Å². The Morgan fingerprint density at radius 3 is 0.986 bits per heavy atom. The van der Waals surface area contributed by atoms with E-state index in [1.807, 2.05) is 6.92 Å². The Kier molecular flexibility index (Phi) is 33.5. The molecule has 1 aliphatic heterocycles. The van der Waals surface area contributed by atoms with Gasteiger partial charge in [0.05, 0.1) is 60.1 Å². The Balaban J connectivity index is 0.000000204. The number of aliphatic hydroxyl groups excluding tert-OH is 4. The van der Waals surface area contributed by atoms with Crippen LogP contribution in [-0.2, 0) is 125 Å². The van der Waals surface area contributed by atoms with Crippen LogP contribution in [0.15, 0.2) is 124 Å². The van der Waals surface area contributed by atoms with Crippen LogP contribution in [0.5, 0.6) is 0 Å². The maximum atomic E-state index is 15.0. The number of hydrogen-bond donors (Lipinski definition) is 8. The molecule has 3 aromatic rings. The number of benzene rings is 3. The molecule has 8 N–H and O–H groups in total. The summed E-state index contributed by atoms with van der Waals surface area (Å²) in [5.74, 6) is -18.8. The van der Waals surface area contributed by atoms with Gasteiger partial charge in [0.1, 0.15) is 52.9 Å². The number of esters is 9. The fraction of sp³-hybridized carbons (Fsp3) is 0.602. The molecule has 782 valence electrons.